The highest BCUT2D eigenvalue weighted by molar-refractivity contribution is 5.73. The van der Waals surface area contributed by atoms with Crippen LogP contribution in [0, 0.1) is 5.92 Å². The molecule has 1 unspecified atom stereocenters. The Balaban J connectivity index is 1.64. The minimum Gasteiger partial charge on any atom is -0.343 e. The number of rotatable bonds is 3. The third kappa shape index (κ3) is 2.51. The summed E-state index contributed by atoms with van der Waals surface area (Å²) in [5.41, 5.74) is 4.25. The highest BCUT2D eigenvalue weighted by atomic mass is 16.2. The van der Waals surface area contributed by atoms with E-state index >= 15 is 0 Å². The minimum atomic E-state index is 0.217. The maximum atomic E-state index is 11.7. The van der Waals surface area contributed by atoms with Gasteiger partial charge in [0.25, 0.3) is 0 Å². The van der Waals surface area contributed by atoms with Gasteiger partial charge in [0.2, 0.25) is 5.91 Å². The standard InChI is InChI=1S/C18H23N3O/c1-13(22)20-7-2-3-14(11-20)9-17-16(15-4-5-15)6-8-21-12-19-10-18(17)21/h6,8,10,12,14-15H,2-5,7,9,11H2,1H3. The van der Waals surface area contributed by atoms with E-state index in [9.17, 15) is 4.79 Å². The van der Waals surface area contributed by atoms with Crippen molar-refractivity contribution >= 4 is 11.4 Å². The molecule has 4 nitrogen and oxygen atoms in total. The molecule has 2 fully saturated rings. The first-order valence-electron chi connectivity index (χ1n) is 8.41. The number of pyridine rings is 1. The smallest absolute Gasteiger partial charge is 0.219 e. The van der Waals surface area contributed by atoms with Crippen LogP contribution in [0.5, 0.6) is 0 Å². The van der Waals surface area contributed by atoms with E-state index in [1.807, 2.05) is 17.4 Å². The number of nitrogens with zero attached hydrogens (tertiary/aromatic N) is 3. The fourth-order valence-corrected chi connectivity index (χ4v) is 3.87. The number of amides is 1. The predicted octanol–water partition coefficient (Wildman–Crippen LogP) is 3.01. The zero-order chi connectivity index (χ0) is 15.1. The lowest BCUT2D eigenvalue weighted by Gasteiger charge is -2.32. The third-order valence-corrected chi connectivity index (χ3v) is 5.21. The Morgan fingerprint density at radius 2 is 2.23 bits per heavy atom. The normalized spacial score (nSPS) is 22.2. The summed E-state index contributed by atoms with van der Waals surface area (Å²) in [5.74, 6) is 1.55. The molecule has 22 heavy (non-hydrogen) atoms. The zero-order valence-electron chi connectivity index (χ0n) is 13.2. The van der Waals surface area contributed by atoms with Gasteiger partial charge in [-0.15, -0.1) is 0 Å². The monoisotopic (exact) mass is 297 g/mol. The Bertz CT molecular complexity index is 701. The fraction of sp³-hybridized carbons (Fsp3) is 0.556. The molecule has 1 saturated carbocycles. The number of hydrogen-bond donors (Lipinski definition) is 0. The van der Waals surface area contributed by atoms with Gasteiger partial charge in [0, 0.05) is 26.2 Å². The topological polar surface area (TPSA) is 37.6 Å². The summed E-state index contributed by atoms with van der Waals surface area (Å²) in [4.78, 5) is 18.0. The summed E-state index contributed by atoms with van der Waals surface area (Å²) in [6.07, 6.45) is 12.1. The van der Waals surface area contributed by atoms with Crippen LogP contribution in [-0.2, 0) is 11.2 Å². The number of imidazole rings is 1. The zero-order valence-corrected chi connectivity index (χ0v) is 13.2. The molecule has 0 bridgehead atoms. The molecule has 1 amide bonds. The van der Waals surface area contributed by atoms with Crippen molar-refractivity contribution in [3.8, 4) is 0 Å². The summed E-state index contributed by atoms with van der Waals surface area (Å²) < 4.78 is 2.13. The number of fused-ring (bicyclic) bond motifs is 1. The van der Waals surface area contributed by atoms with Crippen LogP contribution >= 0.6 is 0 Å². The number of hydrogen-bond acceptors (Lipinski definition) is 2. The number of carbonyl (C=O) groups excluding carboxylic acids is 1. The van der Waals surface area contributed by atoms with Gasteiger partial charge in [0.1, 0.15) is 0 Å². The molecule has 2 aromatic heterocycles. The Kier molecular flexibility index (Phi) is 3.40. The average Bonchev–Trinajstić information content (AvgIpc) is 3.24. The molecule has 4 heteroatoms. The van der Waals surface area contributed by atoms with Crippen LogP contribution in [0.25, 0.3) is 5.52 Å². The molecule has 1 atom stereocenters. The minimum absolute atomic E-state index is 0.217. The molecule has 4 rings (SSSR count). The van der Waals surface area contributed by atoms with Crippen molar-refractivity contribution in [2.24, 2.45) is 5.92 Å². The highest BCUT2D eigenvalue weighted by Gasteiger charge is 2.29. The molecule has 2 aliphatic rings. The largest absolute Gasteiger partial charge is 0.343 e. The van der Waals surface area contributed by atoms with E-state index in [0.717, 1.165) is 31.8 Å². The van der Waals surface area contributed by atoms with Crippen molar-refractivity contribution in [2.75, 3.05) is 13.1 Å². The number of piperidine rings is 1. The van der Waals surface area contributed by atoms with Crippen molar-refractivity contribution in [1.29, 1.82) is 0 Å². The van der Waals surface area contributed by atoms with E-state index in [2.05, 4.69) is 21.6 Å². The molecular formula is C18H23N3O. The van der Waals surface area contributed by atoms with Crippen LogP contribution in [-0.4, -0.2) is 33.3 Å². The number of carbonyl (C=O) groups is 1. The van der Waals surface area contributed by atoms with Gasteiger partial charge < -0.3 is 9.30 Å². The lowest BCUT2D eigenvalue weighted by molar-refractivity contribution is -0.130. The van der Waals surface area contributed by atoms with Crippen LogP contribution in [0.15, 0.2) is 24.8 Å². The van der Waals surface area contributed by atoms with E-state index in [1.165, 1.54) is 35.9 Å². The Labute approximate surface area is 131 Å². The van der Waals surface area contributed by atoms with Crippen molar-refractivity contribution in [2.45, 2.75) is 44.9 Å². The Hall–Kier alpha value is -1.84. The average molecular weight is 297 g/mol. The molecule has 0 spiro atoms. The van der Waals surface area contributed by atoms with Crippen LogP contribution in [0.2, 0.25) is 0 Å². The summed E-state index contributed by atoms with van der Waals surface area (Å²) in [7, 11) is 0. The second-order valence-electron chi connectivity index (χ2n) is 6.89. The van der Waals surface area contributed by atoms with Crippen molar-refractivity contribution in [3.63, 3.8) is 0 Å². The number of likely N-dealkylation sites (tertiary alicyclic amines) is 1. The van der Waals surface area contributed by atoms with Gasteiger partial charge in [0.05, 0.1) is 18.0 Å². The van der Waals surface area contributed by atoms with E-state index < -0.39 is 0 Å². The Morgan fingerprint density at radius 3 is 3.00 bits per heavy atom. The third-order valence-electron chi connectivity index (χ3n) is 5.21. The summed E-state index contributed by atoms with van der Waals surface area (Å²) in [5, 5.41) is 0. The first-order chi connectivity index (χ1) is 10.7. The highest BCUT2D eigenvalue weighted by Crippen LogP contribution is 2.43. The van der Waals surface area contributed by atoms with E-state index in [-0.39, 0.29) is 5.91 Å². The lowest BCUT2D eigenvalue weighted by Crippen LogP contribution is -2.39. The van der Waals surface area contributed by atoms with Gasteiger partial charge in [-0.1, -0.05) is 0 Å². The predicted molar refractivity (Wildman–Crippen MR) is 85.8 cm³/mol. The molecule has 2 aromatic rings. The molecule has 1 aliphatic heterocycles. The summed E-state index contributed by atoms with van der Waals surface area (Å²) in [6.45, 7) is 3.53. The van der Waals surface area contributed by atoms with Crippen LogP contribution in [0.3, 0.4) is 0 Å². The number of aromatic nitrogens is 2. The molecule has 0 radical (unpaired) electrons. The van der Waals surface area contributed by atoms with Gasteiger partial charge in [0.15, 0.2) is 0 Å². The van der Waals surface area contributed by atoms with Gasteiger partial charge in [-0.3, -0.25) is 4.79 Å². The second-order valence-corrected chi connectivity index (χ2v) is 6.89. The van der Waals surface area contributed by atoms with E-state index in [4.69, 9.17) is 0 Å². The maximum Gasteiger partial charge on any atom is 0.219 e. The van der Waals surface area contributed by atoms with Crippen LogP contribution in [0.4, 0.5) is 0 Å². The summed E-state index contributed by atoms with van der Waals surface area (Å²) in [6, 6.07) is 2.28. The van der Waals surface area contributed by atoms with Crippen molar-refractivity contribution in [3.05, 3.63) is 35.9 Å². The Morgan fingerprint density at radius 1 is 1.36 bits per heavy atom. The van der Waals surface area contributed by atoms with Crippen molar-refractivity contribution in [1.82, 2.24) is 14.3 Å². The quantitative estimate of drug-likeness (QED) is 0.873. The SMILES string of the molecule is CC(=O)N1CCCC(Cc2c(C3CC3)ccn3cncc23)C1. The van der Waals surface area contributed by atoms with Crippen LogP contribution in [0.1, 0.15) is 49.7 Å². The molecule has 1 aliphatic carbocycles. The lowest BCUT2D eigenvalue weighted by atomic mass is 9.88. The van der Waals surface area contributed by atoms with Gasteiger partial charge >= 0.3 is 0 Å². The molecular weight excluding hydrogens is 274 g/mol. The van der Waals surface area contributed by atoms with E-state index in [1.54, 1.807) is 6.92 Å². The van der Waals surface area contributed by atoms with Crippen LogP contribution < -0.4 is 0 Å². The van der Waals surface area contributed by atoms with Crippen molar-refractivity contribution < 1.29 is 4.79 Å². The molecule has 0 N–H and O–H groups in total. The first kappa shape index (κ1) is 13.8. The molecule has 116 valence electrons. The first-order valence-corrected chi connectivity index (χ1v) is 8.41. The molecule has 1 saturated heterocycles. The van der Waals surface area contributed by atoms with Gasteiger partial charge in [-0.2, -0.15) is 0 Å². The maximum absolute atomic E-state index is 11.7. The molecule has 3 heterocycles. The van der Waals surface area contributed by atoms with Gasteiger partial charge in [-0.25, -0.2) is 4.98 Å². The second kappa shape index (κ2) is 5.41. The van der Waals surface area contributed by atoms with E-state index in [0.29, 0.717) is 5.92 Å². The van der Waals surface area contributed by atoms with Gasteiger partial charge in [-0.05, 0) is 61.1 Å². The molecule has 0 aromatic carbocycles. The fourth-order valence-electron chi connectivity index (χ4n) is 3.87. The summed E-state index contributed by atoms with van der Waals surface area (Å²) >= 11 is 0.